The Hall–Kier alpha value is -3.12. The van der Waals surface area contributed by atoms with Crippen LogP contribution < -0.4 is 15.4 Å². The van der Waals surface area contributed by atoms with Gasteiger partial charge in [-0.25, -0.2) is 9.97 Å². The molecule has 1 aromatic heterocycles. The molecule has 1 heterocycles. The summed E-state index contributed by atoms with van der Waals surface area (Å²) < 4.78 is 5.34. The minimum Gasteiger partial charge on any atom is -0.496 e. The zero-order chi connectivity index (χ0) is 19.8. The van der Waals surface area contributed by atoms with E-state index in [1.54, 1.807) is 19.4 Å². The number of benzene rings is 2. The first-order chi connectivity index (χ1) is 13.7. The van der Waals surface area contributed by atoms with Crippen molar-refractivity contribution in [2.45, 2.75) is 13.0 Å². The number of halogens is 1. The van der Waals surface area contributed by atoms with Gasteiger partial charge in [-0.3, -0.25) is 4.79 Å². The Morgan fingerprint density at radius 1 is 1.04 bits per heavy atom. The molecule has 7 heteroatoms. The van der Waals surface area contributed by atoms with Crippen LogP contribution in [-0.4, -0.2) is 29.5 Å². The number of nitrogens with one attached hydrogen (secondary N) is 2. The van der Waals surface area contributed by atoms with Crippen LogP contribution in [0.1, 0.15) is 21.6 Å². The zero-order valence-electron chi connectivity index (χ0n) is 15.5. The molecule has 144 valence electrons. The maximum absolute atomic E-state index is 12.2. The molecule has 28 heavy (non-hydrogen) atoms. The molecule has 0 unspecified atom stereocenters. The predicted octanol–water partition coefficient (Wildman–Crippen LogP) is 3.72. The summed E-state index contributed by atoms with van der Waals surface area (Å²) in [5.41, 5.74) is 2.21. The Morgan fingerprint density at radius 2 is 1.79 bits per heavy atom. The molecule has 0 saturated heterocycles. The molecule has 2 aromatic carbocycles. The van der Waals surface area contributed by atoms with E-state index in [9.17, 15) is 4.79 Å². The first-order valence-electron chi connectivity index (χ1n) is 8.87. The quantitative estimate of drug-likeness (QED) is 0.606. The molecule has 0 saturated carbocycles. The van der Waals surface area contributed by atoms with E-state index in [1.165, 1.54) is 6.20 Å². The number of anilines is 1. The summed E-state index contributed by atoms with van der Waals surface area (Å²) in [5, 5.41) is 6.60. The minimum absolute atomic E-state index is 0.252. The lowest BCUT2D eigenvalue weighted by molar-refractivity contribution is 0.0945. The van der Waals surface area contributed by atoms with Crippen LogP contribution in [0.5, 0.6) is 5.75 Å². The van der Waals surface area contributed by atoms with Crippen molar-refractivity contribution in [3.8, 4) is 5.75 Å². The Labute approximate surface area is 168 Å². The molecule has 0 aliphatic rings. The van der Waals surface area contributed by atoms with Crippen LogP contribution in [0.2, 0.25) is 5.02 Å². The largest absolute Gasteiger partial charge is 0.496 e. The van der Waals surface area contributed by atoms with Gasteiger partial charge in [0.15, 0.2) is 0 Å². The number of ether oxygens (including phenoxy) is 1. The van der Waals surface area contributed by atoms with Gasteiger partial charge in [0, 0.05) is 18.1 Å². The second-order valence-corrected chi connectivity index (χ2v) is 6.46. The average Bonchev–Trinajstić information content (AvgIpc) is 2.74. The van der Waals surface area contributed by atoms with Gasteiger partial charge in [-0.15, -0.1) is 0 Å². The summed E-state index contributed by atoms with van der Waals surface area (Å²) in [6.07, 6.45) is 3.78. The lowest BCUT2D eigenvalue weighted by atomic mass is 10.1. The lowest BCUT2D eigenvalue weighted by Gasteiger charge is -2.10. The van der Waals surface area contributed by atoms with Crippen molar-refractivity contribution in [2.24, 2.45) is 0 Å². The number of hydrogen-bond donors (Lipinski definition) is 2. The average molecular weight is 397 g/mol. The van der Waals surface area contributed by atoms with E-state index in [0.717, 1.165) is 23.3 Å². The van der Waals surface area contributed by atoms with Crippen LogP contribution in [0.3, 0.4) is 0 Å². The highest BCUT2D eigenvalue weighted by atomic mass is 35.5. The second-order valence-electron chi connectivity index (χ2n) is 6.05. The molecule has 0 fully saturated rings. The van der Waals surface area contributed by atoms with Crippen molar-refractivity contribution in [2.75, 3.05) is 19.0 Å². The predicted molar refractivity (Wildman–Crippen MR) is 110 cm³/mol. The van der Waals surface area contributed by atoms with Gasteiger partial charge in [-0.05, 0) is 29.7 Å². The number of methoxy groups -OCH3 is 1. The third kappa shape index (κ3) is 5.20. The van der Waals surface area contributed by atoms with Crippen molar-refractivity contribution in [1.29, 1.82) is 0 Å². The van der Waals surface area contributed by atoms with Crippen molar-refractivity contribution in [1.82, 2.24) is 15.3 Å². The van der Waals surface area contributed by atoms with E-state index in [-0.39, 0.29) is 11.6 Å². The highest BCUT2D eigenvalue weighted by molar-refractivity contribution is 6.31. The Bertz CT molecular complexity index is 932. The molecule has 0 bridgehead atoms. The Kier molecular flexibility index (Phi) is 6.81. The monoisotopic (exact) mass is 396 g/mol. The van der Waals surface area contributed by atoms with Crippen molar-refractivity contribution >= 4 is 23.3 Å². The summed E-state index contributed by atoms with van der Waals surface area (Å²) in [6, 6.07) is 15.3. The molecular weight excluding hydrogens is 376 g/mol. The Morgan fingerprint density at radius 3 is 2.50 bits per heavy atom. The molecule has 0 aliphatic heterocycles. The summed E-state index contributed by atoms with van der Waals surface area (Å²) in [4.78, 5) is 20.7. The number of nitrogens with zero attached hydrogens (tertiary/aromatic N) is 2. The van der Waals surface area contributed by atoms with Crippen LogP contribution >= 0.6 is 11.6 Å². The number of aromatic nitrogens is 2. The van der Waals surface area contributed by atoms with E-state index in [4.69, 9.17) is 16.3 Å². The fraction of sp³-hybridized carbons (Fsp3) is 0.190. The van der Waals surface area contributed by atoms with Crippen LogP contribution in [0, 0.1) is 0 Å². The smallest absolute Gasteiger partial charge is 0.271 e. The fourth-order valence-electron chi connectivity index (χ4n) is 2.68. The summed E-state index contributed by atoms with van der Waals surface area (Å²) in [7, 11) is 1.66. The molecule has 3 aromatic rings. The molecule has 3 rings (SSSR count). The topological polar surface area (TPSA) is 76.1 Å². The highest BCUT2D eigenvalue weighted by Crippen LogP contribution is 2.18. The molecule has 0 aliphatic carbocycles. The maximum Gasteiger partial charge on any atom is 0.271 e. The maximum atomic E-state index is 12.2. The van der Waals surface area contributed by atoms with Crippen molar-refractivity contribution in [3.05, 3.63) is 82.8 Å². The third-order valence-corrected chi connectivity index (χ3v) is 4.54. The van der Waals surface area contributed by atoms with Gasteiger partial charge in [-0.2, -0.15) is 0 Å². The van der Waals surface area contributed by atoms with Gasteiger partial charge in [-0.1, -0.05) is 48.0 Å². The fourth-order valence-corrected chi connectivity index (χ4v) is 2.88. The number of hydrogen-bond acceptors (Lipinski definition) is 5. The van der Waals surface area contributed by atoms with Gasteiger partial charge in [0.1, 0.15) is 17.3 Å². The normalized spacial score (nSPS) is 10.4. The number of carbonyl (C=O) groups excluding carboxylic acids is 1. The Balaban J connectivity index is 1.50. The van der Waals surface area contributed by atoms with E-state index in [1.807, 2.05) is 42.5 Å². The molecular formula is C21H21ClN4O2. The SMILES string of the molecule is COc1ccccc1CCNc1cnc(C(=O)NCc2ccccc2Cl)cn1. The first kappa shape index (κ1) is 19.6. The molecule has 6 nitrogen and oxygen atoms in total. The van der Waals surface area contributed by atoms with E-state index >= 15 is 0 Å². The first-order valence-corrected chi connectivity index (χ1v) is 9.24. The second kappa shape index (κ2) is 9.71. The van der Waals surface area contributed by atoms with Gasteiger partial charge in [0.2, 0.25) is 0 Å². The van der Waals surface area contributed by atoms with Crippen LogP contribution in [0.4, 0.5) is 5.82 Å². The van der Waals surface area contributed by atoms with Gasteiger partial charge < -0.3 is 15.4 Å². The van der Waals surface area contributed by atoms with E-state index in [0.29, 0.717) is 23.9 Å². The van der Waals surface area contributed by atoms with Gasteiger partial charge in [0.05, 0.1) is 19.5 Å². The number of carbonyl (C=O) groups is 1. The summed E-state index contributed by atoms with van der Waals surface area (Å²) in [6.45, 7) is 1.01. The van der Waals surface area contributed by atoms with E-state index < -0.39 is 0 Å². The summed E-state index contributed by atoms with van der Waals surface area (Å²) >= 11 is 6.09. The number of para-hydroxylation sites is 1. The van der Waals surface area contributed by atoms with Crippen LogP contribution in [0.15, 0.2) is 60.9 Å². The zero-order valence-corrected chi connectivity index (χ0v) is 16.2. The highest BCUT2D eigenvalue weighted by Gasteiger charge is 2.09. The van der Waals surface area contributed by atoms with Crippen LogP contribution in [-0.2, 0) is 13.0 Å². The molecule has 0 spiro atoms. The van der Waals surface area contributed by atoms with E-state index in [2.05, 4.69) is 20.6 Å². The molecule has 0 atom stereocenters. The minimum atomic E-state index is -0.298. The molecule has 0 radical (unpaired) electrons. The number of amides is 1. The number of rotatable bonds is 8. The molecule has 1 amide bonds. The lowest BCUT2D eigenvalue weighted by Crippen LogP contribution is -2.24. The van der Waals surface area contributed by atoms with Crippen molar-refractivity contribution in [3.63, 3.8) is 0 Å². The van der Waals surface area contributed by atoms with Gasteiger partial charge in [0.25, 0.3) is 5.91 Å². The summed E-state index contributed by atoms with van der Waals surface area (Å²) in [5.74, 6) is 1.17. The molecule has 2 N–H and O–H groups in total. The third-order valence-electron chi connectivity index (χ3n) is 4.17. The van der Waals surface area contributed by atoms with Gasteiger partial charge >= 0.3 is 0 Å². The standard InChI is InChI=1S/C21H21ClN4O2/c1-28-19-9-5-3-6-15(19)10-11-23-20-14-24-18(13-25-20)21(27)26-12-16-7-2-4-8-17(16)22/h2-9,13-14H,10-12H2,1H3,(H,23,25)(H,26,27). The van der Waals surface area contributed by atoms with Crippen molar-refractivity contribution < 1.29 is 9.53 Å². The van der Waals surface area contributed by atoms with Crippen LogP contribution in [0.25, 0.3) is 0 Å².